The number of phosphoric acid groups is 1. The maximum absolute atomic E-state index is 13.1. The fourth-order valence-electron chi connectivity index (χ4n) is 1.98. The van der Waals surface area contributed by atoms with Crippen molar-refractivity contribution < 1.29 is 31.7 Å². The standard InChI is InChI=1S/C18H22O7P2/c1-16(15-26(19,21-2)22-3)14-23-27(20,24-17-10-6-4-7-11-17)25-18-12-8-5-9-13-18/h4-14H,15H2,1-3H3/b16-14+. The number of phosphoric ester groups is 1. The molecule has 0 aromatic heterocycles. The van der Waals surface area contributed by atoms with E-state index in [-0.39, 0.29) is 6.16 Å². The average molecular weight is 412 g/mol. The molecule has 0 aliphatic heterocycles. The fourth-order valence-corrected chi connectivity index (χ4v) is 4.27. The number of rotatable bonds is 10. The zero-order chi connectivity index (χ0) is 19.8. The SMILES string of the molecule is COP(=O)(C/C(C)=C/OP(=O)(Oc1ccccc1)Oc1ccccc1)OC. The van der Waals surface area contributed by atoms with Crippen molar-refractivity contribution in [1.82, 2.24) is 0 Å². The number of benzene rings is 2. The van der Waals surface area contributed by atoms with Gasteiger partial charge in [-0.3, -0.25) is 4.57 Å². The molecule has 7 nitrogen and oxygen atoms in total. The normalized spacial score (nSPS) is 12.5. The quantitative estimate of drug-likeness (QED) is 0.368. The highest BCUT2D eigenvalue weighted by Gasteiger charge is 2.32. The third-order valence-electron chi connectivity index (χ3n) is 3.30. The summed E-state index contributed by atoms with van der Waals surface area (Å²) < 4.78 is 51.4. The largest absolute Gasteiger partial charge is 0.646 e. The molecule has 9 heteroatoms. The predicted molar refractivity (Wildman–Crippen MR) is 103 cm³/mol. The minimum absolute atomic E-state index is 0.0311. The summed E-state index contributed by atoms with van der Waals surface area (Å²) in [5, 5.41) is 0. The summed E-state index contributed by atoms with van der Waals surface area (Å²) in [5.74, 6) is 0.643. The summed E-state index contributed by atoms with van der Waals surface area (Å²) in [6.07, 6.45) is 1.15. The Balaban J connectivity index is 2.20. The molecule has 27 heavy (non-hydrogen) atoms. The first kappa shape index (κ1) is 21.3. The average Bonchev–Trinajstić information content (AvgIpc) is 2.68. The Hall–Kier alpha value is -2.04. The van der Waals surface area contributed by atoms with E-state index < -0.39 is 15.4 Å². The molecule has 0 spiro atoms. The lowest BCUT2D eigenvalue weighted by molar-refractivity contribution is 0.268. The minimum atomic E-state index is -4.05. The van der Waals surface area contributed by atoms with Crippen molar-refractivity contribution in [2.24, 2.45) is 0 Å². The van der Waals surface area contributed by atoms with Crippen molar-refractivity contribution in [3.8, 4) is 11.5 Å². The van der Waals surface area contributed by atoms with Gasteiger partial charge in [0, 0.05) is 14.2 Å². The summed E-state index contributed by atoms with van der Waals surface area (Å²) in [4.78, 5) is 0. The maximum Gasteiger partial charge on any atom is 0.646 e. The van der Waals surface area contributed by atoms with Gasteiger partial charge in [-0.15, -0.1) is 0 Å². The monoisotopic (exact) mass is 412 g/mol. The van der Waals surface area contributed by atoms with Gasteiger partial charge in [-0.2, -0.15) is 4.57 Å². The maximum atomic E-state index is 13.1. The molecule has 0 N–H and O–H groups in total. The van der Waals surface area contributed by atoms with Crippen LogP contribution in [0.3, 0.4) is 0 Å². The van der Waals surface area contributed by atoms with Crippen LogP contribution in [0.25, 0.3) is 0 Å². The van der Waals surface area contributed by atoms with Crippen LogP contribution in [-0.2, 0) is 22.7 Å². The highest BCUT2D eigenvalue weighted by molar-refractivity contribution is 7.54. The number of allylic oxidation sites excluding steroid dienone is 1. The van der Waals surface area contributed by atoms with Crippen LogP contribution in [-0.4, -0.2) is 20.4 Å². The van der Waals surface area contributed by atoms with Gasteiger partial charge in [0.15, 0.2) is 0 Å². The lowest BCUT2D eigenvalue weighted by Gasteiger charge is -2.18. The van der Waals surface area contributed by atoms with Gasteiger partial charge in [0.25, 0.3) is 0 Å². The van der Waals surface area contributed by atoms with Gasteiger partial charge in [0.05, 0.1) is 12.4 Å². The van der Waals surface area contributed by atoms with Gasteiger partial charge in [-0.1, -0.05) is 36.4 Å². The predicted octanol–water partition coefficient (Wildman–Crippen LogP) is 5.66. The van der Waals surface area contributed by atoms with Crippen LogP contribution in [0.1, 0.15) is 6.92 Å². The first-order valence-corrected chi connectivity index (χ1v) is 11.2. The lowest BCUT2D eigenvalue weighted by atomic mass is 10.3. The molecule has 146 valence electrons. The molecule has 0 amide bonds. The van der Waals surface area contributed by atoms with Gasteiger partial charge in [0.2, 0.25) is 0 Å². The molecule has 2 aromatic rings. The van der Waals surface area contributed by atoms with E-state index in [0.29, 0.717) is 17.1 Å². The van der Waals surface area contributed by atoms with Crippen LogP contribution in [0.4, 0.5) is 0 Å². The zero-order valence-electron chi connectivity index (χ0n) is 15.3. The third-order valence-corrected chi connectivity index (χ3v) is 6.53. The van der Waals surface area contributed by atoms with Crippen molar-refractivity contribution in [3.05, 3.63) is 72.5 Å². The van der Waals surface area contributed by atoms with Gasteiger partial charge >= 0.3 is 15.4 Å². The second-order valence-corrected chi connectivity index (χ2v) is 9.20. The number of para-hydroxylation sites is 2. The van der Waals surface area contributed by atoms with Crippen molar-refractivity contribution in [2.75, 3.05) is 20.4 Å². The molecule has 0 heterocycles. The van der Waals surface area contributed by atoms with E-state index in [9.17, 15) is 9.13 Å². The molecule has 0 aliphatic rings. The van der Waals surface area contributed by atoms with Crippen molar-refractivity contribution in [2.45, 2.75) is 6.92 Å². The Kier molecular flexibility index (Phi) is 7.69. The van der Waals surface area contributed by atoms with E-state index in [1.165, 1.54) is 20.5 Å². The molecule has 0 bridgehead atoms. The molecule has 0 saturated carbocycles. The second-order valence-electron chi connectivity index (χ2n) is 5.46. The zero-order valence-corrected chi connectivity index (χ0v) is 17.1. The van der Waals surface area contributed by atoms with E-state index in [1.54, 1.807) is 67.6 Å². The minimum Gasteiger partial charge on any atom is -0.394 e. The molecule has 2 aromatic carbocycles. The molecule has 0 atom stereocenters. The molecule has 0 aliphatic carbocycles. The topological polar surface area (TPSA) is 80.3 Å². The van der Waals surface area contributed by atoms with Crippen molar-refractivity contribution >= 4 is 15.4 Å². The summed E-state index contributed by atoms with van der Waals surface area (Å²) >= 11 is 0. The molecule has 0 fully saturated rings. The Morgan fingerprint density at radius 1 is 0.852 bits per heavy atom. The molecule has 0 unspecified atom stereocenters. The van der Waals surface area contributed by atoms with Crippen LogP contribution >= 0.6 is 15.4 Å². The first-order valence-electron chi connectivity index (χ1n) is 8.02. The van der Waals surface area contributed by atoms with Gasteiger partial charge in [-0.25, -0.2) is 0 Å². The highest BCUT2D eigenvalue weighted by atomic mass is 31.2. The summed E-state index contributed by atoms with van der Waals surface area (Å²) in [6, 6.07) is 17.0. The molecule has 2 rings (SSSR count). The highest BCUT2D eigenvalue weighted by Crippen LogP contribution is 2.51. The Bertz CT molecular complexity index is 784. The van der Waals surface area contributed by atoms with E-state index >= 15 is 0 Å². The van der Waals surface area contributed by atoms with Gasteiger partial charge in [-0.05, 0) is 36.8 Å². The molecular weight excluding hydrogens is 390 g/mol. The summed E-state index contributed by atoms with van der Waals surface area (Å²) in [5.41, 5.74) is 0.482. The first-order chi connectivity index (χ1) is 12.9. The van der Waals surface area contributed by atoms with Crippen LogP contribution in [0, 0.1) is 0 Å². The van der Waals surface area contributed by atoms with Crippen LogP contribution in [0.5, 0.6) is 11.5 Å². The Labute approximate surface area is 159 Å². The lowest BCUT2D eigenvalue weighted by Crippen LogP contribution is -2.03. The van der Waals surface area contributed by atoms with Crippen molar-refractivity contribution in [1.29, 1.82) is 0 Å². The van der Waals surface area contributed by atoms with Gasteiger partial charge < -0.3 is 22.6 Å². The third kappa shape index (κ3) is 6.89. The fraction of sp³-hybridized carbons (Fsp3) is 0.222. The molecule has 0 radical (unpaired) electrons. The van der Waals surface area contributed by atoms with E-state index in [0.717, 1.165) is 0 Å². The van der Waals surface area contributed by atoms with Crippen molar-refractivity contribution in [3.63, 3.8) is 0 Å². The van der Waals surface area contributed by atoms with E-state index in [4.69, 9.17) is 22.6 Å². The number of hydrogen-bond acceptors (Lipinski definition) is 7. The summed E-state index contributed by atoms with van der Waals surface area (Å²) in [6.45, 7) is 1.64. The van der Waals surface area contributed by atoms with Crippen LogP contribution < -0.4 is 9.05 Å². The van der Waals surface area contributed by atoms with Crippen LogP contribution in [0.15, 0.2) is 72.5 Å². The summed E-state index contributed by atoms with van der Waals surface area (Å²) in [7, 11) is -4.74. The smallest absolute Gasteiger partial charge is 0.394 e. The second kappa shape index (κ2) is 9.77. The molecular formula is C18H22O7P2. The van der Waals surface area contributed by atoms with E-state index in [1.807, 2.05) is 0 Å². The van der Waals surface area contributed by atoms with E-state index in [2.05, 4.69) is 0 Å². The Morgan fingerprint density at radius 3 is 1.70 bits per heavy atom. The Morgan fingerprint density at radius 2 is 1.30 bits per heavy atom. The molecule has 0 saturated heterocycles. The number of hydrogen-bond donors (Lipinski definition) is 0. The van der Waals surface area contributed by atoms with Gasteiger partial charge in [0.1, 0.15) is 11.5 Å². The van der Waals surface area contributed by atoms with Crippen LogP contribution in [0.2, 0.25) is 0 Å².